The van der Waals surface area contributed by atoms with Gasteiger partial charge in [-0.25, -0.2) is 9.59 Å². The van der Waals surface area contributed by atoms with Crippen molar-refractivity contribution in [2.75, 3.05) is 0 Å². The molecule has 1 aliphatic carbocycles. The molecule has 0 aromatic heterocycles. The van der Waals surface area contributed by atoms with Crippen molar-refractivity contribution in [3.63, 3.8) is 0 Å². The lowest BCUT2D eigenvalue weighted by Crippen LogP contribution is -2.51. The summed E-state index contributed by atoms with van der Waals surface area (Å²) >= 11 is 0. The fourth-order valence-corrected chi connectivity index (χ4v) is 4.31. The van der Waals surface area contributed by atoms with E-state index in [1.54, 1.807) is 48.5 Å². The summed E-state index contributed by atoms with van der Waals surface area (Å²) in [5.74, 6) is -0.845. The molecule has 2 aromatic carbocycles. The van der Waals surface area contributed by atoms with Crippen LogP contribution in [-0.2, 0) is 14.2 Å². The molecule has 2 fully saturated rings. The molecule has 2 aliphatic rings. The Morgan fingerprint density at radius 1 is 0.966 bits per heavy atom. The molecule has 29 heavy (non-hydrogen) atoms. The Labute approximate surface area is 171 Å². The van der Waals surface area contributed by atoms with Crippen LogP contribution >= 0.6 is 0 Å². The molecule has 1 saturated heterocycles. The lowest BCUT2D eigenvalue weighted by Gasteiger charge is -2.36. The summed E-state index contributed by atoms with van der Waals surface area (Å²) in [6.45, 7) is 4.06. The van der Waals surface area contributed by atoms with Crippen molar-refractivity contribution in [3.05, 3.63) is 71.8 Å². The predicted octanol–water partition coefficient (Wildman–Crippen LogP) is 4.62. The first-order valence-electron chi connectivity index (χ1n) is 10.3. The van der Waals surface area contributed by atoms with E-state index in [1.165, 1.54) is 0 Å². The molecule has 0 radical (unpaired) electrons. The van der Waals surface area contributed by atoms with Gasteiger partial charge in [-0.3, -0.25) is 0 Å². The SMILES string of the molecule is CC[C@H]1OC(OC(=O)c2ccccc2)[C@@](OC(=O)c2ccccc2)(C2CC2)[C@@H]1C. The van der Waals surface area contributed by atoms with Crippen molar-refractivity contribution in [1.29, 1.82) is 0 Å². The van der Waals surface area contributed by atoms with E-state index in [2.05, 4.69) is 0 Å². The van der Waals surface area contributed by atoms with Crippen molar-refractivity contribution >= 4 is 11.9 Å². The number of ether oxygens (including phenoxy) is 3. The molecule has 1 saturated carbocycles. The summed E-state index contributed by atoms with van der Waals surface area (Å²) in [6.07, 6.45) is 1.53. The monoisotopic (exact) mass is 394 g/mol. The highest BCUT2D eigenvalue weighted by molar-refractivity contribution is 5.90. The van der Waals surface area contributed by atoms with Gasteiger partial charge in [-0.15, -0.1) is 0 Å². The third kappa shape index (κ3) is 3.67. The summed E-state index contributed by atoms with van der Waals surface area (Å²) in [5, 5.41) is 0. The highest BCUT2D eigenvalue weighted by atomic mass is 16.7. The predicted molar refractivity (Wildman–Crippen MR) is 107 cm³/mol. The van der Waals surface area contributed by atoms with Crippen LogP contribution in [0.1, 0.15) is 53.8 Å². The van der Waals surface area contributed by atoms with Gasteiger partial charge in [0.15, 0.2) is 5.60 Å². The van der Waals surface area contributed by atoms with Crippen molar-refractivity contribution in [2.45, 2.75) is 51.1 Å². The Hall–Kier alpha value is -2.66. The number of rotatable bonds is 6. The van der Waals surface area contributed by atoms with Gasteiger partial charge >= 0.3 is 11.9 Å². The summed E-state index contributed by atoms with van der Waals surface area (Å²) < 4.78 is 18.1. The van der Waals surface area contributed by atoms with E-state index in [1.807, 2.05) is 26.0 Å². The number of esters is 2. The minimum Gasteiger partial charge on any atom is -0.448 e. The molecule has 5 heteroatoms. The average molecular weight is 394 g/mol. The second-order valence-electron chi connectivity index (χ2n) is 7.86. The maximum Gasteiger partial charge on any atom is 0.340 e. The van der Waals surface area contributed by atoms with E-state index < -0.39 is 23.8 Å². The molecule has 5 nitrogen and oxygen atoms in total. The third-order valence-electron chi connectivity index (χ3n) is 6.06. The second-order valence-corrected chi connectivity index (χ2v) is 7.86. The summed E-state index contributed by atoms with van der Waals surface area (Å²) in [7, 11) is 0. The number of benzene rings is 2. The molecule has 4 atom stereocenters. The summed E-state index contributed by atoms with van der Waals surface area (Å²) in [5.41, 5.74) is -0.0477. The van der Waals surface area contributed by atoms with Gasteiger partial charge in [0, 0.05) is 11.8 Å². The van der Waals surface area contributed by atoms with Crippen LogP contribution in [0.25, 0.3) is 0 Å². The molecule has 0 amide bonds. The third-order valence-corrected chi connectivity index (χ3v) is 6.06. The van der Waals surface area contributed by atoms with Crippen LogP contribution in [0.5, 0.6) is 0 Å². The van der Waals surface area contributed by atoms with E-state index in [0.29, 0.717) is 11.1 Å². The van der Waals surface area contributed by atoms with Crippen molar-refractivity contribution in [2.24, 2.45) is 11.8 Å². The quantitative estimate of drug-likeness (QED) is 0.669. The number of hydrogen-bond acceptors (Lipinski definition) is 5. The minimum absolute atomic E-state index is 0.0822. The topological polar surface area (TPSA) is 61.8 Å². The van der Waals surface area contributed by atoms with E-state index in [-0.39, 0.29) is 17.9 Å². The standard InChI is InChI=1S/C24H26O5/c1-3-20-16(2)24(19-14-15-19,29-22(26)18-12-8-5-9-13-18)23(27-20)28-21(25)17-10-6-4-7-11-17/h4-13,16,19-20,23H,3,14-15H2,1-2H3/t16-,20-,23?,24+/m1/s1. The largest absolute Gasteiger partial charge is 0.448 e. The molecule has 1 heterocycles. The molecule has 1 aliphatic heterocycles. The lowest BCUT2D eigenvalue weighted by atomic mass is 9.81. The maximum atomic E-state index is 13.0. The molecular weight excluding hydrogens is 368 g/mol. The van der Waals surface area contributed by atoms with Crippen LogP contribution in [0.15, 0.2) is 60.7 Å². The molecule has 0 spiro atoms. The Kier molecular flexibility index (Phi) is 5.41. The van der Waals surface area contributed by atoms with Crippen LogP contribution in [0.3, 0.4) is 0 Å². The van der Waals surface area contributed by atoms with E-state index in [0.717, 1.165) is 19.3 Å². The van der Waals surface area contributed by atoms with Crippen LogP contribution in [0.2, 0.25) is 0 Å². The van der Waals surface area contributed by atoms with Crippen LogP contribution in [0.4, 0.5) is 0 Å². The Morgan fingerprint density at radius 2 is 1.52 bits per heavy atom. The molecule has 152 valence electrons. The first kappa shape index (κ1) is 19.6. The van der Waals surface area contributed by atoms with Crippen LogP contribution < -0.4 is 0 Å². The number of hydrogen-bond donors (Lipinski definition) is 0. The fraction of sp³-hybridized carbons (Fsp3) is 0.417. The number of carbonyl (C=O) groups excluding carboxylic acids is 2. The highest BCUT2D eigenvalue weighted by Crippen LogP contribution is 2.55. The second kappa shape index (κ2) is 7.99. The van der Waals surface area contributed by atoms with E-state index in [4.69, 9.17) is 14.2 Å². The Balaban J connectivity index is 1.64. The van der Waals surface area contributed by atoms with Crippen molar-refractivity contribution in [3.8, 4) is 0 Å². The zero-order valence-electron chi connectivity index (χ0n) is 16.7. The van der Waals surface area contributed by atoms with E-state index in [9.17, 15) is 9.59 Å². The summed E-state index contributed by atoms with van der Waals surface area (Å²) in [6, 6.07) is 17.7. The first-order chi connectivity index (χ1) is 14.1. The van der Waals surface area contributed by atoms with Crippen molar-refractivity contribution < 1.29 is 23.8 Å². The molecule has 1 unspecified atom stereocenters. The van der Waals surface area contributed by atoms with Crippen LogP contribution in [-0.4, -0.2) is 29.9 Å². The zero-order chi connectivity index (χ0) is 20.4. The Morgan fingerprint density at radius 3 is 2.03 bits per heavy atom. The van der Waals surface area contributed by atoms with Crippen molar-refractivity contribution in [1.82, 2.24) is 0 Å². The van der Waals surface area contributed by atoms with Gasteiger partial charge in [-0.05, 0) is 43.5 Å². The Bertz CT molecular complexity index is 861. The summed E-state index contributed by atoms with van der Waals surface area (Å²) in [4.78, 5) is 25.7. The average Bonchev–Trinajstić information content (AvgIpc) is 3.58. The van der Waals surface area contributed by atoms with Gasteiger partial charge in [0.05, 0.1) is 17.2 Å². The molecule has 0 bridgehead atoms. The molecule has 0 N–H and O–H groups in total. The minimum atomic E-state index is -0.974. The molecule has 2 aromatic rings. The maximum absolute atomic E-state index is 13.0. The zero-order valence-corrected chi connectivity index (χ0v) is 16.7. The van der Waals surface area contributed by atoms with Gasteiger partial charge in [0.1, 0.15) is 0 Å². The van der Waals surface area contributed by atoms with Gasteiger partial charge in [0.25, 0.3) is 0 Å². The highest BCUT2D eigenvalue weighted by Gasteiger charge is 2.65. The van der Waals surface area contributed by atoms with Gasteiger partial charge in [-0.2, -0.15) is 0 Å². The first-order valence-corrected chi connectivity index (χ1v) is 10.3. The van der Waals surface area contributed by atoms with Gasteiger partial charge < -0.3 is 14.2 Å². The normalized spacial score (nSPS) is 28.7. The van der Waals surface area contributed by atoms with Gasteiger partial charge in [0.2, 0.25) is 6.29 Å². The molecule has 4 rings (SSSR count). The van der Waals surface area contributed by atoms with Crippen LogP contribution in [0, 0.1) is 11.8 Å². The fourth-order valence-electron chi connectivity index (χ4n) is 4.31. The number of carbonyl (C=O) groups is 2. The smallest absolute Gasteiger partial charge is 0.340 e. The molecular formula is C24H26O5. The van der Waals surface area contributed by atoms with Gasteiger partial charge in [-0.1, -0.05) is 50.2 Å². The lowest BCUT2D eigenvalue weighted by molar-refractivity contribution is -0.183. The van der Waals surface area contributed by atoms with E-state index >= 15 is 0 Å².